The molecule has 2 aromatic rings. The van der Waals surface area contributed by atoms with Gasteiger partial charge in [-0.25, -0.2) is 4.98 Å². The van der Waals surface area contributed by atoms with E-state index in [-0.39, 0.29) is 18.0 Å². The predicted octanol–water partition coefficient (Wildman–Crippen LogP) is 1.49. The standard InChI is InChI=1S/C17H20N4O3/c1-23-17-19-8-6-15(20-17)24-14-5-3-9-21(12-14)16(22)10-13-4-2-7-18-11-13/h2,4,6-8,11,14H,3,5,9-10,12H2,1H3. The second kappa shape index (κ2) is 7.72. The van der Waals surface area contributed by atoms with Gasteiger partial charge in [0.05, 0.1) is 20.1 Å². The largest absolute Gasteiger partial charge is 0.472 e. The van der Waals surface area contributed by atoms with E-state index < -0.39 is 0 Å². The third-order valence-electron chi connectivity index (χ3n) is 3.89. The fraction of sp³-hybridized carbons (Fsp3) is 0.412. The first-order valence-electron chi connectivity index (χ1n) is 7.95. The van der Waals surface area contributed by atoms with Crippen molar-refractivity contribution in [2.45, 2.75) is 25.4 Å². The SMILES string of the molecule is COc1nccc(OC2CCCN(C(=O)Cc3cccnc3)C2)n1. The molecule has 1 unspecified atom stereocenters. The van der Waals surface area contributed by atoms with Gasteiger partial charge in [0.2, 0.25) is 11.8 Å². The molecule has 7 heteroatoms. The number of amides is 1. The molecule has 126 valence electrons. The average Bonchev–Trinajstić information content (AvgIpc) is 2.63. The van der Waals surface area contributed by atoms with Crippen molar-refractivity contribution in [2.24, 2.45) is 0 Å². The molecular formula is C17H20N4O3. The summed E-state index contributed by atoms with van der Waals surface area (Å²) in [4.78, 5) is 26.5. The molecule has 3 heterocycles. The molecule has 1 fully saturated rings. The lowest BCUT2D eigenvalue weighted by atomic mass is 10.1. The highest BCUT2D eigenvalue weighted by Crippen LogP contribution is 2.18. The van der Waals surface area contributed by atoms with Gasteiger partial charge in [-0.2, -0.15) is 4.98 Å². The number of aromatic nitrogens is 3. The first-order valence-corrected chi connectivity index (χ1v) is 7.95. The van der Waals surface area contributed by atoms with E-state index in [1.165, 1.54) is 7.11 Å². The zero-order valence-corrected chi connectivity index (χ0v) is 13.6. The molecule has 3 rings (SSSR count). The van der Waals surface area contributed by atoms with Crippen molar-refractivity contribution in [3.63, 3.8) is 0 Å². The van der Waals surface area contributed by atoms with Crippen LogP contribution in [-0.2, 0) is 11.2 Å². The first-order chi connectivity index (χ1) is 11.7. The quantitative estimate of drug-likeness (QED) is 0.827. The first kappa shape index (κ1) is 16.2. The van der Waals surface area contributed by atoms with Crippen LogP contribution >= 0.6 is 0 Å². The monoisotopic (exact) mass is 328 g/mol. The minimum atomic E-state index is -0.0730. The van der Waals surface area contributed by atoms with E-state index in [0.717, 1.165) is 24.9 Å². The van der Waals surface area contributed by atoms with Gasteiger partial charge >= 0.3 is 6.01 Å². The van der Waals surface area contributed by atoms with Gasteiger partial charge in [0.15, 0.2) is 0 Å². The van der Waals surface area contributed by atoms with Crippen LogP contribution in [0.15, 0.2) is 36.8 Å². The van der Waals surface area contributed by atoms with Gasteiger partial charge in [-0.3, -0.25) is 9.78 Å². The molecule has 0 aliphatic carbocycles. The van der Waals surface area contributed by atoms with Crippen molar-refractivity contribution >= 4 is 5.91 Å². The molecule has 0 spiro atoms. The van der Waals surface area contributed by atoms with Gasteiger partial charge in [0.1, 0.15) is 6.10 Å². The van der Waals surface area contributed by atoms with Crippen LogP contribution < -0.4 is 9.47 Å². The molecule has 0 saturated carbocycles. The molecular weight excluding hydrogens is 308 g/mol. The van der Waals surface area contributed by atoms with Gasteiger partial charge < -0.3 is 14.4 Å². The summed E-state index contributed by atoms with van der Waals surface area (Å²) in [6.45, 7) is 1.32. The van der Waals surface area contributed by atoms with Crippen molar-refractivity contribution in [3.05, 3.63) is 42.4 Å². The number of ether oxygens (including phenoxy) is 2. The molecule has 2 aromatic heterocycles. The highest BCUT2D eigenvalue weighted by molar-refractivity contribution is 5.78. The Kier molecular flexibility index (Phi) is 5.20. The Morgan fingerprint density at radius 2 is 2.29 bits per heavy atom. The molecule has 1 saturated heterocycles. The molecule has 7 nitrogen and oxygen atoms in total. The lowest BCUT2D eigenvalue weighted by Crippen LogP contribution is -2.45. The molecule has 24 heavy (non-hydrogen) atoms. The number of pyridine rings is 1. The summed E-state index contributed by atoms with van der Waals surface area (Å²) < 4.78 is 10.9. The summed E-state index contributed by atoms with van der Waals surface area (Å²) in [5.41, 5.74) is 0.922. The molecule has 0 bridgehead atoms. The van der Waals surface area contributed by atoms with E-state index in [4.69, 9.17) is 9.47 Å². The number of likely N-dealkylation sites (tertiary alicyclic amines) is 1. The summed E-state index contributed by atoms with van der Waals surface area (Å²) in [6.07, 6.45) is 7.11. The number of hydrogen-bond acceptors (Lipinski definition) is 6. The summed E-state index contributed by atoms with van der Waals surface area (Å²) in [5, 5.41) is 0. The van der Waals surface area contributed by atoms with E-state index in [9.17, 15) is 4.79 Å². The van der Waals surface area contributed by atoms with Crippen molar-refractivity contribution in [2.75, 3.05) is 20.2 Å². The molecule has 1 aliphatic rings. The number of carbonyl (C=O) groups excluding carboxylic acids is 1. The van der Waals surface area contributed by atoms with E-state index in [1.807, 2.05) is 17.0 Å². The van der Waals surface area contributed by atoms with Crippen LogP contribution in [0.2, 0.25) is 0 Å². The van der Waals surface area contributed by atoms with Crippen molar-refractivity contribution < 1.29 is 14.3 Å². The zero-order valence-electron chi connectivity index (χ0n) is 13.6. The van der Waals surface area contributed by atoms with Crippen LogP contribution in [0, 0.1) is 0 Å². The van der Waals surface area contributed by atoms with E-state index in [1.54, 1.807) is 24.7 Å². The normalized spacial score (nSPS) is 17.4. The minimum absolute atomic E-state index is 0.0730. The zero-order chi connectivity index (χ0) is 16.8. The van der Waals surface area contributed by atoms with Crippen LogP contribution in [0.4, 0.5) is 0 Å². The lowest BCUT2D eigenvalue weighted by Gasteiger charge is -2.32. The van der Waals surface area contributed by atoms with Gasteiger partial charge in [0.25, 0.3) is 0 Å². The maximum atomic E-state index is 12.5. The Bertz CT molecular complexity index is 681. The Morgan fingerprint density at radius 1 is 1.38 bits per heavy atom. The third kappa shape index (κ3) is 4.18. The van der Waals surface area contributed by atoms with Crippen molar-refractivity contribution in [1.29, 1.82) is 0 Å². The van der Waals surface area contributed by atoms with Gasteiger partial charge in [-0.1, -0.05) is 6.07 Å². The van der Waals surface area contributed by atoms with Crippen LogP contribution in [0.25, 0.3) is 0 Å². The average molecular weight is 328 g/mol. The molecule has 0 radical (unpaired) electrons. The van der Waals surface area contributed by atoms with Crippen LogP contribution in [0.5, 0.6) is 11.9 Å². The lowest BCUT2D eigenvalue weighted by molar-refractivity contribution is -0.133. The topological polar surface area (TPSA) is 77.4 Å². The second-order valence-corrected chi connectivity index (χ2v) is 5.64. The van der Waals surface area contributed by atoms with Crippen LogP contribution in [0.1, 0.15) is 18.4 Å². The number of nitrogens with zero attached hydrogens (tertiary/aromatic N) is 4. The Hall–Kier alpha value is -2.70. The van der Waals surface area contributed by atoms with Gasteiger partial charge in [-0.15, -0.1) is 0 Å². The summed E-state index contributed by atoms with van der Waals surface area (Å²) >= 11 is 0. The predicted molar refractivity (Wildman–Crippen MR) is 86.8 cm³/mol. The smallest absolute Gasteiger partial charge is 0.319 e. The summed E-state index contributed by atoms with van der Waals surface area (Å²) in [5.74, 6) is 0.560. The van der Waals surface area contributed by atoms with Crippen LogP contribution in [0.3, 0.4) is 0 Å². The summed E-state index contributed by atoms with van der Waals surface area (Å²) in [7, 11) is 1.51. The molecule has 1 atom stereocenters. The Balaban J connectivity index is 1.58. The number of rotatable bonds is 5. The second-order valence-electron chi connectivity index (χ2n) is 5.64. The number of methoxy groups -OCH3 is 1. The number of piperidine rings is 1. The van der Waals surface area contributed by atoms with Gasteiger partial charge in [0, 0.05) is 31.2 Å². The molecule has 0 N–H and O–H groups in total. The van der Waals surface area contributed by atoms with Crippen molar-refractivity contribution in [1.82, 2.24) is 19.9 Å². The maximum Gasteiger partial charge on any atom is 0.319 e. The number of hydrogen-bond donors (Lipinski definition) is 0. The Labute approximate surface area is 140 Å². The molecule has 1 aliphatic heterocycles. The van der Waals surface area contributed by atoms with E-state index in [0.29, 0.717) is 18.8 Å². The van der Waals surface area contributed by atoms with E-state index in [2.05, 4.69) is 15.0 Å². The highest BCUT2D eigenvalue weighted by atomic mass is 16.5. The fourth-order valence-corrected chi connectivity index (χ4v) is 2.71. The molecule has 1 amide bonds. The fourth-order valence-electron chi connectivity index (χ4n) is 2.71. The maximum absolute atomic E-state index is 12.5. The minimum Gasteiger partial charge on any atom is -0.472 e. The third-order valence-corrected chi connectivity index (χ3v) is 3.89. The van der Waals surface area contributed by atoms with Crippen molar-refractivity contribution in [3.8, 4) is 11.9 Å². The molecule has 0 aromatic carbocycles. The Morgan fingerprint density at radius 3 is 3.08 bits per heavy atom. The van der Waals surface area contributed by atoms with Crippen LogP contribution in [-0.4, -0.2) is 52.1 Å². The highest BCUT2D eigenvalue weighted by Gasteiger charge is 2.25. The number of carbonyl (C=O) groups is 1. The summed E-state index contributed by atoms with van der Waals surface area (Å²) in [6, 6.07) is 5.72. The van der Waals surface area contributed by atoms with E-state index >= 15 is 0 Å². The van der Waals surface area contributed by atoms with Gasteiger partial charge in [-0.05, 0) is 24.5 Å².